The number of esters is 2. The number of carbonyl (C=O) groups is 3. The molecule has 2 rings (SSSR count). The zero-order chi connectivity index (χ0) is 20.1. The van der Waals surface area contributed by atoms with Gasteiger partial charge in [-0.3, -0.25) is 4.79 Å². The molecule has 0 saturated heterocycles. The number of nitrogens with zero attached hydrogens (tertiary/aromatic N) is 3. The van der Waals surface area contributed by atoms with E-state index < -0.39 is 11.9 Å². The van der Waals surface area contributed by atoms with Crippen molar-refractivity contribution in [1.82, 2.24) is 14.8 Å². The van der Waals surface area contributed by atoms with Gasteiger partial charge in [0, 0.05) is 6.04 Å². The van der Waals surface area contributed by atoms with Crippen LogP contribution < -0.4 is 5.32 Å². The molecule has 27 heavy (non-hydrogen) atoms. The van der Waals surface area contributed by atoms with Crippen molar-refractivity contribution < 1.29 is 23.9 Å². The normalized spacial score (nSPS) is 10.7. The number of ether oxygens (including phenoxy) is 2. The summed E-state index contributed by atoms with van der Waals surface area (Å²) in [6, 6.07) is 0.166. The van der Waals surface area contributed by atoms with Crippen molar-refractivity contribution in [1.29, 1.82) is 0 Å². The van der Waals surface area contributed by atoms with Gasteiger partial charge in [0.25, 0.3) is 0 Å². The van der Waals surface area contributed by atoms with Crippen molar-refractivity contribution >= 4 is 45.9 Å². The summed E-state index contributed by atoms with van der Waals surface area (Å²) in [7, 11) is 2.48. The monoisotopic (exact) mass is 412 g/mol. The van der Waals surface area contributed by atoms with E-state index >= 15 is 0 Å². The van der Waals surface area contributed by atoms with E-state index in [1.807, 2.05) is 18.4 Å². The number of rotatable bonds is 7. The van der Waals surface area contributed by atoms with Crippen LogP contribution in [0.15, 0.2) is 11.5 Å². The van der Waals surface area contributed by atoms with Crippen molar-refractivity contribution in [2.75, 3.05) is 25.3 Å². The predicted octanol–water partition coefficient (Wildman–Crippen LogP) is 2.53. The summed E-state index contributed by atoms with van der Waals surface area (Å²) < 4.78 is 11.3. The van der Waals surface area contributed by atoms with Gasteiger partial charge in [-0.25, -0.2) is 9.59 Å². The minimum atomic E-state index is -0.638. The molecule has 0 aliphatic rings. The van der Waals surface area contributed by atoms with E-state index in [1.165, 1.54) is 26.0 Å². The van der Waals surface area contributed by atoms with Gasteiger partial charge in [-0.2, -0.15) is 0 Å². The number of thioether (sulfide) groups is 1. The number of carbonyl (C=O) groups excluding carboxylic acids is 3. The highest BCUT2D eigenvalue weighted by Crippen LogP contribution is 2.34. The van der Waals surface area contributed by atoms with Gasteiger partial charge in [-0.1, -0.05) is 11.8 Å². The van der Waals surface area contributed by atoms with E-state index in [0.29, 0.717) is 10.7 Å². The predicted molar refractivity (Wildman–Crippen MR) is 101 cm³/mol. The second-order valence-electron chi connectivity index (χ2n) is 5.69. The van der Waals surface area contributed by atoms with Crippen molar-refractivity contribution in [3.05, 3.63) is 22.3 Å². The Morgan fingerprint density at radius 2 is 1.93 bits per heavy atom. The van der Waals surface area contributed by atoms with E-state index in [9.17, 15) is 14.4 Å². The van der Waals surface area contributed by atoms with Crippen LogP contribution in [0.3, 0.4) is 0 Å². The molecule has 0 saturated carbocycles. The first-order valence-corrected chi connectivity index (χ1v) is 9.72. The molecule has 0 fully saturated rings. The van der Waals surface area contributed by atoms with Crippen molar-refractivity contribution in [3.8, 4) is 0 Å². The third-order valence-corrected chi connectivity index (χ3v) is 5.73. The molecule has 0 unspecified atom stereocenters. The number of hydrogen-bond donors (Lipinski definition) is 1. The Bertz CT molecular complexity index is 859. The number of amides is 1. The molecule has 2 heterocycles. The Hall–Kier alpha value is -2.40. The molecule has 1 amide bonds. The highest BCUT2D eigenvalue weighted by atomic mass is 32.2. The molecule has 11 heteroatoms. The average molecular weight is 412 g/mol. The Morgan fingerprint density at radius 3 is 2.52 bits per heavy atom. The number of aromatic nitrogens is 3. The van der Waals surface area contributed by atoms with Crippen LogP contribution in [-0.2, 0) is 14.3 Å². The lowest BCUT2D eigenvalue weighted by molar-refractivity contribution is -0.113. The first-order valence-electron chi connectivity index (χ1n) is 7.92. The highest BCUT2D eigenvalue weighted by Gasteiger charge is 2.26. The van der Waals surface area contributed by atoms with E-state index in [-0.39, 0.29) is 33.1 Å². The summed E-state index contributed by atoms with van der Waals surface area (Å²) in [4.78, 5) is 36.6. The molecule has 0 aliphatic carbocycles. The molecule has 1 N–H and O–H groups in total. The summed E-state index contributed by atoms with van der Waals surface area (Å²) in [6.45, 7) is 5.57. The van der Waals surface area contributed by atoms with Crippen LogP contribution in [-0.4, -0.2) is 52.6 Å². The average Bonchev–Trinajstić information content (AvgIpc) is 3.23. The minimum Gasteiger partial charge on any atom is -0.465 e. The van der Waals surface area contributed by atoms with Crippen LogP contribution in [0.4, 0.5) is 5.00 Å². The summed E-state index contributed by atoms with van der Waals surface area (Å²) >= 11 is 2.20. The van der Waals surface area contributed by atoms with Crippen molar-refractivity contribution in [2.24, 2.45) is 0 Å². The fourth-order valence-corrected chi connectivity index (χ4v) is 4.19. The van der Waals surface area contributed by atoms with Crippen molar-refractivity contribution in [2.45, 2.75) is 32.0 Å². The Kier molecular flexibility index (Phi) is 6.97. The minimum absolute atomic E-state index is 0.0660. The number of thiophene rings is 1. The van der Waals surface area contributed by atoms with Gasteiger partial charge >= 0.3 is 11.9 Å². The molecule has 146 valence electrons. The molecular weight excluding hydrogens is 392 g/mol. The van der Waals surface area contributed by atoms with Gasteiger partial charge in [-0.05, 0) is 26.3 Å². The topological polar surface area (TPSA) is 112 Å². The summed E-state index contributed by atoms with van der Waals surface area (Å²) in [6.07, 6.45) is 1.60. The molecule has 0 aliphatic heterocycles. The largest absolute Gasteiger partial charge is 0.465 e. The van der Waals surface area contributed by atoms with E-state index in [0.717, 1.165) is 11.3 Å². The van der Waals surface area contributed by atoms with Crippen LogP contribution >= 0.6 is 23.1 Å². The van der Waals surface area contributed by atoms with Gasteiger partial charge < -0.3 is 19.4 Å². The first kappa shape index (κ1) is 20.9. The van der Waals surface area contributed by atoms with Gasteiger partial charge in [0.15, 0.2) is 5.16 Å². The van der Waals surface area contributed by atoms with Gasteiger partial charge in [0.05, 0.1) is 25.5 Å². The smallest absolute Gasteiger partial charge is 0.348 e. The standard InChI is InChI=1S/C16H20N4O5S2/c1-8(2)20-7-17-19-16(20)26-6-10(21)18-13-11(14(22)24-4)9(3)12(27-13)15(23)25-5/h7-8H,6H2,1-5H3,(H,18,21). The maximum atomic E-state index is 12.4. The Labute approximate surface area is 164 Å². The molecule has 2 aromatic heterocycles. The molecule has 0 atom stereocenters. The molecule has 0 spiro atoms. The van der Waals surface area contributed by atoms with Gasteiger partial charge in [0.1, 0.15) is 16.2 Å². The molecule has 9 nitrogen and oxygen atoms in total. The maximum Gasteiger partial charge on any atom is 0.348 e. The Balaban J connectivity index is 2.18. The lowest BCUT2D eigenvalue weighted by Crippen LogP contribution is -2.16. The van der Waals surface area contributed by atoms with Crippen LogP contribution in [0.1, 0.15) is 45.5 Å². The van der Waals surface area contributed by atoms with Crippen LogP contribution in [0.25, 0.3) is 0 Å². The third kappa shape index (κ3) is 4.66. The zero-order valence-electron chi connectivity index (χ0n) is 15.6. The SMILES string of the molecule is COC(=O)c1sc(NC(=O)CSc2nncn2C(C)C)c(C(=O)OC)c1C. The summed E-state index contributed by atoms with van der Waals surface area (Å²) in [5.41, 5.74) is 0.549. The number of anilines is 1. The first-order chi connectivity index (χ1) is 12.8. The van der Waals surface area contributed by atoms with E-state index in [2.05, 4.69) is 15.5 Å². The van der Waals surface area contributed by atoms with E-state index in [1.54, 1.807) is 13.3 Å². The van der Waals surface area contributed by atoms with E-state index in [4.69, 9.17) is 9.47 Å². The maximum absolute atomic E-state index is 12.4. The number of methoxy groups -OCH3 is 2. The fourth-order valence-electron chi connectivity index (χ4n) is 2.22. The number of hydrogen-bond acceptors (Lipinski definition) is 9. The lowest BCUT2D eigenvalue weighted by atomic mass is 10.1. The second-order valence-corrected chi connectivity index (χ2v) is 7.66. The van der Waals surface area contributed by atoms with Gasteiger partial charge in [0.2, 0.25) is 5.91 Å². The fraction of sp³-hybridized carbons (Fsp3) is 0.438. The van der Waals surface area contributed by atoms with Crippen LogP contribution in [0.2, 0.25) is 0 Å². The molecule has 2 aromatic rings. The zero-order valence-corrected chi connectivity index (χ0v) is 17.2. The second kappa shape index (κ2) is 9.00. The van der Waals surface area contributed by atoms with Crippen LogP contribution in [0.5, 0.6) is 0 Å². The van der Waals surface area contributed by atoms with Gasteiger partial charge in [-0.15, -0.1) is 21.5 Å². The Morgan fingerprint density at radius 1 is 1.26 bits per heavy atom. The molecule has 0 radical (unpaired) electrons. The molecular formula is C16H20N4O5S2. The molecule has 0 bridgehead atoms. The highest BCUT2D eigenvalue weighted by molar-refractivity contribution is 7.99. The lowest BCUT2D eigenvalue weighted by Gasteiger charge is -2.09. The summed E-state index contributed by atoms with van der Waals surface area (Å²) in [5.74, 6) is -1.50. The van der Waals surface area contributed by atoms with Crippen molar-refractivity contribution in [3.63, 3.8) is 0 Å². The van der Waals surface area contributed by atoms with Crippen LogP contribution in [0, 0.1) is 6.92 Å². The quantitative estimate of drug-likeness (QED) is 0.545. The number of nitrogens with one attached hydrogen (secondary N) is 1. The molecule has 0 aromatic carbocycles. The summed E-state index contributed by atoms with van der Waals surface area (Å²) in [5, 5.41) is 11.4. The third-order valence-electron chi connectivity index (χ3n) is 3.59.